The number of hydrogen-bond acceptors (Lipinski definition) is 4. The van der Waals surface area contributed by atoms with Gasteiger partial charge < -0.3 is 19.7 Å². The van der Waals surface area contributed by atoms with Crippen molar-refractivity contribution in [3.05, 3.63) is 41.2 Å². The molecule has 1 aliphatic heterocycles. The number of aromatic nitrogens is 2. The number of nitrogens with zero attached hydrogens (tertiary/aromatic N) is 4. The molecule has 0 radical (unpaired) electrons. The Kier molecular flexibility index (Phi) is 6.69. The van der Waals surface area contributed by atoms with Gasteiger partial charge in [0.15, 0.2) is 17.3 Å². The molecule has 0 fully saturated rings. The summed E-state index contributed by atoms with van der Waals surface area (Å²) in [6, 6.07) is 2.85. The summed E-state index contributed by atoms with van der Waals surface area (Å²) in [6.07, 6.45) is 0.821. The Morgan fingerprint density at radius 3 is 2.44 bits per heavy atom. The maximum Gasteiger partial charge on any atom is 0.272 e. The molecule has 0 saturated heterocycles. The molecule has 32 heavy (non-hydrogen) atoms. The maximum atomic E-state index is 13.9. The fourth-order valence-corrected chi connectivity index (χ4v) is 3.86. The van der Waals surface area contributed by atoms with Crippen LogP contribution in [0.5, 0.6) is 0 Å². The van der Waals surface area contributed by atoms with Gasteiger partial charge in [-0.3, -0.25) is 9.59 Å². The Morgan fingerprint density at radius 1 is 1.16 bits per heavy atom. The van der Waals surface area contributed by atoms with Crippen molar-refractivity contribution in [1.29, 1.82) is 0 Å². The van der Waals surface area contributed by atoms with E-state index in [0.29, 0.717) is 30.2 Å². The van der Waals surface area contributed by atoms with E-state index in [1.807, 2.05) is 32.4 Å². The van der Waals surface area contributed by atoms with E-state index in [-0.39, 0.29) is 11.6 Å². The van der Waals surface area contributed by atoms with Crippen LogP contribution in [0.4, 0.5) is 8.78 Å². The zero-order valence-corrected chi connectivity index (χ0v) is 19.5. The van der Waals surface area contributed by atoms with Crippen LogP contribution in [0.1, 0.15) is 43.4 Å². The molecule has 1 atom stereocenters. The largest absolute Gasteiger partial charge is 0.347 e. The first-order chi connectivity index (χ1) is 14.9. The molecule has 174 valence electrons. The summed E-state index contributed by atoms with van der Waals surface area (Å²) >= 11 is 0. The second-order valence-electron chi connectivity index (χ2n) is 9.61. The fourth-order valence-electron chi connectivity index (χ4n) is 3.86. The number of rotatable bonds is 4. The topological polar surface area (TPSA) is 70.5 Å². The van der Waals surface area contributed by atoms with Gasteiger partial charge in [-0.15, -0.1) is 0 Å². The molecule has 3 rings (SSSR count). The maximum absolute atomic E-state index is 13.9. The molecule has 1 aromatic heterocycles. The van der Waals surface area contributed by atoms with E-state index in [4.69, 9.17) is 0 Å². The Morgan fingerprint density at radius 2 is 1.84 bits per heavy atom. The van der Waals surface area contributed by atoms with Gasteiger partial charge in [0.25, 0.3) is 5.91 Å². The smallest absolute Gasteiger partial charge is 0.272 e. The average Bonchev–Trinajstić information content (AvgIpc) is 2.93. The van der Waals surface area contributed by atoms with Crippen molar-refractivity contribution < 1.29 is 18.4 Å². The van der Waals surface area contributed by atoms with Crippen LogP contribution in [0, 0.1) is 17.0 Å². The van der Waals surface area contributed by atoms with Gasteiger partial charge in [-0.05, 0) is 43.6 Å². The van der Waals surface area contributed by atoms with E-state index < -0.39 is 29.0 Å². The second kappa shape index (κ2) is 8.97. The van der Waals surface area contributed by atoms with Crippen molar-refractivity contribution in [2.45, 2.75) is 46.3 Å². The Bertz CT molecular complexity index is 1030. The molecule has 0 bridgehead atoms. The molecular weight excluding hydrogens is 416 g/mol. The second-order valence-corrected chi connectivity index (χ2v) is 9.61. The minimum Gasteiger partial charge on any atom is -0.347 e. The van der Waals surface area contributed by atoms with Crippen molar-refractivity contribution in [3.63, 3.8) is 0 Å². The fraction of sp³-hybridized carbons (Fsp3) is 0.522. The average molecular weight is 448 g/mol. The monoisotopic (exact) mass is 447 g/mol. The van der Waals surface area contributed by atoms with E-state index in [1.54, 1.807) is 14.1 Å². The first kappa shape index (κ1) is 23.8. The molecule has 1 aliphatic rings. The van der Waals surface area contributed by atoms with Crippen molar-refractivity contribution in [3.8, 4) is 11.4 Å². The summed E-state index contributed by atoms with van der Waals surface area (Å²) in [7, 11) is 5.24. The molecule has 0 aliphatic carbocycles. The third kappa shape index (κ3) is 4.82. The van der Waals surface area contributed by atoms with E-state index in [1.165, 1.54) is 11.0 Å². The van der Waals surface area contributed by atoms with Crippen molar-refractivity contribution >= 4 is 11.8 Å². The van der Waals surface area contributed by atoms with Crippen molar-refractivity contribution in [1.82, 2.24) is 24.7 Å². The lowest BCUT2D eigenvalue weighted by atomic mass is 9.85. The van der Waals surface area contributed by atoms with Gasteiger partial charge in [-0.2, -0.15) is 0 Å². The molecular formula is C23H31F2N5O2. The lowest BCUT2D eigenvalue weighted by Crippen LogP contribution is -2.53. The first-order valence-corrected chi connectivity index (χ1v) is 10.7. The lowest BCUT2D eigenvalue weighted by molar-refractivity contribution is -0.133. The lowest BCUT2D eigenvalue weighted by Gasteiger charge is -2.32. The normalized spacial score (nSPS) is 15.6. The van der Waals surface area contributed by atoms with Gasteiger partial charge in [0.2, 0.25) is 5.91 Å². The minimum atomic E-state index is -0.971. The van der Waals surface area contributed by atoms with Crippen LogP contribution in [0.3, 0.4) is 0 Å². The van der Waals surface area contributed by atoms with Gasteiger partial charge in [-0.25, -0.2) is 13.8 Å². The third-order valence-electron chi connectivity index (χ3n) is 5.64. The predicted molar refractivity (Wildman–Crippen MR) is 118 cm³/mol. The highest BCUT2D eigenvalue weighted by molar-refractivity contribution is 5.97. The number of fused-ring (bicyclic) bond motifs is 1. The van der Waals surface area contributed by atoms with Crippen LogP contribution in [0.25, 0.3) is 11.4 Å². The summed E-state index contributed by atoms with van der Waals surface area (Å²) in [5, 5.41) is 2.87. The van der Waals surface area contributed by atoms with Crippen molar-refractivity contribution in [2.75, 3.05) is 27.7 Å². The molecule has 1 aromatic carbocycles. The van der Waals surface area contributed by atoms with E-state index in [2.05, 4.69) is 15.2 Å². The quantitative estimate of drug-likeness (QED) is 0.783. The van der Waals surface area contributed by atoms with Crippen molar-refractivity contribution in [2.24, 2.45) is 5.41 Å². The standard InChI is InChI=1S/C23H31F2N5O2/c1-23(2,3)19(22(32)28(4)5)27-21(31)18-17-13-29(6)10-7-11-30(17)20(26-18)14-8-9-15(24)16(25)12-14/h8-9,12,19H,7,10-11,13H2,1-6H3,(H,27,31). The van der Waals surface area contributed by atoms with E-state index in [9.17, 15) is 18.4 Å². The zero-order valence-electron chi connectivity index (χ0n) is 19.5. The number of carbonyl (C=O) groups is 2. The van der Waals surface area contributed by atoms with Crippen LogP contribution < -0.4 is 5.32 Å². The number of likely N-dealkylation sites (N-methyl/N-ethyl adjacent to an activating group) is 1. The summed E-state index contributed by atoms with van der Waals surface area (Å²) < 4.78 is 29.3. The number of nitrogens with one attached hydrogen (secondary N) is 1. The molecule has 9 heteroatoms. The van der Waals surface area contributed by atoms with E-state index in [0.717, 1.165) is 25.1 Å². The van der Waals surface area contributed by atoms with Gasteiger partial charge in [-0.1, -0.05) is 20.8 Å². The van der Waals surface area contributed by atoms with Crippen LogP contribution in [0.15, 0.2) is 18.2 Å². The van der Waals surface area contributed by atoms with Crippen LogP contribution in [0.2, 0.25) is 0 Å². The number of halogens is 2. The molecule has 2 heterocycles. The zero-order chi connectivity index (χ0) is 23.8. The van der Waals surface area contributed by atoms with Gasteiger partial charge in [0.1, 0.15) is 11.9 Å². The molecule has 1 N–H and O–H groups in total. The van der Waals surface area contributed by atoms with Crippen LogP contribution in [-0.4, -0.2) is 64.9 Å². The molecule has 1 unspecified atom stereocenters. The summed E-state index contributed by atoms with van der Waals surface area (Å²) in [6.45, 7) is 7.53. The SMILES string of the molecule is CN1CCCn2c(-c3ccc(F)c(F)c3)nc(C(=O)NC(C(=O)N(C)C)C(C)(C)C)c2C1. The molecule has 2 amide bonds. The highest BCUT2D eigenvalue weighted by Crippen LogP contribution is 2.28. The van der Waals surface area contributed by atoms with Gasteiger partial charge in [0, 0.05) is 32.7 Å². The molecule has 0 saturated carbocycles. The number of hydrogen-bond donors (Lipinski definition) is 1. The Labute approximate surface area is 187 Å². The highest BCUT2D eigenvalue weighted by atomic mass is 19.2. The summed E-state index contributed by atoms with van der Waals surface area (Å²) in [5.74, 6) is -2.18. The molecule has 2 aromatic rings. The van der Waals surface area contributed by atoms with E-state index >= 15 is 0 Å². The van der Waals surface area contributed by atoms with Crippen LogP contribution >= 0.6 is 0 Å². The number of imidazole rings is 1. The Hall–Kier alpha value is -2.81. The summed E-state index contributed by atoms with van der Waals surface area (Å²) in [5.41, 5.74) is 0.755. The predicted octanol–water partition coefficient (Wildman–Crippen LogP) is 2.90. The van der Waals surface area contributed by atoms with Gasteiger partial charge in [0.05, 0.1) is 5.69 Å². The summed E-state index contributed by atoms with van der Waals surface area (Å²) in [4.78, 5) is 34.2. The number of carbonyl (C=O) groups excluding carboxylic acids is 2. The number of benzene rings is 1. The minimum absolute atomic E-state index is 0.194. The van der Waals surface area contributed by atoms with Crippen LogP contribution in [-0.2, 0) is 17.9 Å². The number of amides is 2. The third-order valence-corrected chi connectivity index (χ3v) is 5.64. The molecule has 0 spiro atoms. The Balaban J connectivity index is 2.07. The first-order valence-electron chi connectivity index (χ1n) is 10.7. The van der Waals surface area contributed by atoms with Gasteiger partial charge >= 0.3 is 0 Å². The molecule has 7 nitrogen and oxygen atoms in total. The highest BCUT2D eigenvalue weighted by Gasteiger charge is 2.36.